The lowest BCUT2D eigenvalue weighted by Gasteiger charge is -2.12. The van der Waals surface area contributed by atoms with E-state index < -0.39 is 10.8 Å². The first kappa shape index (κ1) is 13.8. The Kier molecular flexibility index (Phi) is 5.39. The highest BCUT2D eigenvalue weighted by Gasteiger charge is 2.28. The third kappa shape index (κ3) is 3.92. The maximum Gasteiger partial charge on any atom is 0.0488 e. The van der Waals surface area contributed by atoms with Gasteiger partial charge < -0.3 is 5.32 Å². The van der Waals surface area contributed by atoms with Crippen molar-refractivity contribution in [3.8, 4) is 0 Å². The van der Waals surface area contributed by atoms with Crippen LogP contribution in [0.1, 0.15) is 38.2 Å². The van der Waals surface area contributed by atoms with Gasteiger partial charge in [0.25, 0.3) is 0 Å². The number of benzene rings is 1. The van der Waals surface area contributed by atoms with Crippen LogP contribution in [-0.4, -0.2) is 22.0 Å². The predicted molar refractivity (Wildman–Crippen MR) is 78.0 cm³/mol. The van der Waals surface area contributed by atoms with Crippen molar-refractivity contribution >= 4 is 10.8 Å². The third-order valence-electron chi connectivity index (χ3n) is 3.59. The maximum atomic E-state index is 12.3. The topological polar surface area (TPSA) is 29.1 Å². The van der Waals surface area contributed by atoms with Crippen LogP contribution >= 0.6 is 0 Å². The molecule has 1 aromatic rings. The molecule has 100 valence electrons. The lowest BCUT2D eigenvalue weighted by atomic mass is 10.2. The van der Waals surface area contributed by atoms with Crippen LogP contribution in [0.15, 0.2) is 30.3 Å². The van der Waals surface area contributed by atoms with Gasteiger partial charge in [0.15, 0.2) is 0 Å². The van der Waals surface area contributed by atoms with Gasteiger partial charge in [0.1, 0.15) is 0 Å². The molecule has 0 radical (unpaired) electrons. The van der Waals surface area contributed by atoms with Crippen LogP contribution in [0.25, 0.3) is 0 Å². The highest BCUT2D eigenvalue weighted by Crippen LogP contribution is 2.25. The molecule has 1 aliphatic carbocycles. The van der Waals surface area contributed by atoms with E-state index in [1.807, 2.05) is 18.2 Å². The van der Waals surface area contributed by atoms with E-state index in [4.69, 9.17) is 0 Å². The highest BCUT2D eigenvalue weighted by molar-refractivity contribution is 7.84. The molecule has 0 aliphatic heterocycles. The van der Waals surface area contributed by atoms with Gasteiger partial charge in [-0.2, -0.15) is 0 Å². The normalized spacial score (nSPS) is 25.2. The van der Waals surface area contributed by atoms with E-state index in [-0.39, 0.29) is 0 Å². The molecule has 0 amide bonds. The molecule has 1 fully saturated rings. The lowest BCUT2D eigenvalue weighted by Crippen LogP contribution is -2.28. The minimum Gasteiger partial charge on any atom is -0.314 e. The summed E-state index contributed by atoms with van der Waals surface area (Å²) >= 11 is 0. The van der Waals surface area contributed by atoms with Crippen molar-refractivity contribution in [3.63, 3.8) is 0 Å². The van der Waals surface area contributed by atoms with E-state index in [1.54, 1.807) is 0 Å². The van der Waals surface area contributed by atoms with E-state index in [0.717, 1.165) is 19.4 Å². The molecule has 3 atom stereocenters. The Bertz CT molecular complexity index is 379. The summed E-state index contributed by atoms with van der Waals surface area (Å²) in [4.78, 5) is 0. The van der Waals surface area contributed by atoms with Gasteiger partial charge in [0.2, 0.25) is 0 Å². The van der Waals surface area contributed by atoms with Crippen molar-refractivity contribution < 1.29 is 4.21 Å². The molecular formula is C15H23NOS. The van der Waals surface area contributed by atoms with Gasteiger partial charge in [-0.25, -0.2) is 0 Å². The van der Waals surface area contributed by atoms with Crippen molar-refractivity contribution in [1.82, 2.24) is 5.32 Å². The lowest BCUT2D eigenvalue weighted by molar-refractivity contribution is 0.523. The Morgan fingerprint density at radius 2 is 2.06 bits per heavy atom. The summed E-state index contributed by atoms with van der Waals surface area (Å²) in [7, 11) is -0.713. The van der Waals surface area contributed by atoms with Crippen molar-refractivity contribution in [1.29, 1.82) is 0 Å². The van der Waals surface area contributed by atoms with Crippen LogP contribution in [0.4, 0.5) is 0 Å². The molecule has 0 bridgehead atoms. The van der Waals surface area contributed by atoms with Gasteiger partial charge in [0.05, 0.1) is 0 Å². The van der Waals surface area contributed by atoms with Crippen molar-refractivity contribution in [2.24, 2.45) is 0 Å². The Morgan fingerprint density at radius 1 is 1.28 bits per heavy atom. The summed E-state index contributed by atoms with van der Waals surface area (Å²) in [5, 5.41) is 3.93. The molecule has 0 heterocycles. The molecule has 0 saturated heterocycles. The summed E-state index contributed by atoms with van der Waals surface area (Å²) in [6.45, 7) is 3.27. The molecule has 3 unspecified atom stereocenters. The molecule has 1 saturated carbocycles. The first-order valence-corrected chi connectivity index (χ1v) is 8.32. The molecule has 1 aliphatic rings. The molecule has 18 heavy (non-hydrogen) atoms. The third-order valence-corrected chi connectivity index (χ3v) is 5.38. The fourth-order valence-corrected chi connectivity index (χ4v) is 4.17. The number of nitrogens with one attached hydrogen (secondary N) is 1. The summed E-state index contributed by atoms with van der Waals surface area (Å²) in [5.74, 6) is 0.714. The van der Waals surface area contributed by atoms with Crippen LogP contribution in [-0.2, 0) is 16.6 Å². The first-order chi connectivity index (χ1) is 8.79. The van der Waals surface area contributed by atoms with Crippen LogP contribution in [0.5, 0.6) is 0 Å². The fourth-order valence-electron chi connectivity index (χ4n) is 2.57. The zero-order valence-electron chi connectivity index (χ0n) is 11.1. The molecule has 3 heteroatoms. The zero-order chi connectivity index (χ0) is 12.8. The number of rotatable bonds is 6. The summed E-state index contributed by atoms with van der Waals surface area (Å²) < 4.78 is 12.3. The largest absolute Gasteiger partial charge is 0.314 e. The van der Waals surface area contributed by atoms with Gasteiger partial charge in [0, 0.05) is 27.8 Å². The van der Waals surface area contributed by atoms with Gasteiger partial charge in [-0.15, -0.1) is 0 Å². The standard InChI is InChI=1S/C15H23NOS/c1-2-10-16-14-8-9-15(11-14)18(17)12-13-6-4-3-5-7-13/h3-7,14-16H,2,8-12H2,1H3. The smallest absolute Gasteiger partial charge is 0.0488 e. The molecular weight excluding hydrogens is 242 g/mol. The van der Waals surface area contributed by atoms with Crippen LogP contribution in [0.3, 0.4) is 0 Å². The van der Waals surface area contributed by atoms with Crippen LogP contribution in [0.2, 0.25) is 0 Å². The zero-order valence-corrected chi connectivity index (χ0v) is 11.9. The van der Waals surface area contributed by atoms with Gasteiger partial charge in [-0.3, -0.25) is 4.21 Å². The monoisotopic (exact) mass is 265 g/mol. The Morgan fingerprint density at radius 3 is 2.78 bits per heavy atom. The average Bonchev–Trinajstić information content (AvgIpc) is 2.86. The minimum absolute atomic E-state index is 0.388. The predicted octanol–water partition coefficient (Wildman–Crippen LogP) is 2.86. The molecule has 1 aromatic carbocycles. The number of hydrogen-bond acceptors (Lipinski definition) is 2. The van der Waals surface area contributed by atoms with Crippen molar-refractivity contribution in [2.45, 2.75) is 49.7 Å². The molecule has 0 aromatic heterocycles. The van der Waals surface area contributed by atoms with E-state index in [9.17, 15) is 4.21 Å². The quantitative estimate of drug-likeness (QED) is 0.857. The minimum atomic E-state index is -0.713. The highest BCUT2D eigenvalue weighted by atomic mass is 32.2. The van der Waals surface area contributed by atoms with Gasteiger partial charge >= 0.3 is 0 Å². The van der Waals surface area contributed by atoms with Gasteiger partial charge in [-0.1, -0.05) is 37.3 Å². The summed E-state index contributed by atoms with van der Waals surface area (Å²) in [5.41, 5.74) is 1.20. The summed E-state index contributed by atoms with van der Waals surface area (Å²) in [6, 6.07) is 10.8. The fraction of sp³-hybridized carbons (Fsp3) is 0.600. The van der Waals surface area contributed by atoms with Crippen LogP contribution < -0.4 is 5.32 Å². The second kappa shape index (κ2) is 7.05. The van der Waals surface area contributed by atoms with E-state index in [0.29, 0.717) is 17.0 Å². The van der Waals surface area contributed by atoms with Crippen LogP contribution in [0, 0.1) is 0 Å². The molecule has 2 nitrogen and oxygen atoms in total. The molecule has 0 spiro atoms. The Hall–Kier alpha value is -0.670. The van der Waals surface area contributed by atoms with E-state index >= 15 is 0 Å². The SMILES string of the molecule is CCCNC1CCC(S(=O)Cc2ccccc2)C1. The van der Waals surface area contributed by atoms with Gasteiger partial charge in [-0.05, 0) is 37.8 Å². The Labute approximate surface area is 113 Å². The summed E-state index contributed by atoms with van der Waals surface area (Å²) in [6.07, 6.45) is 4.56. The second-order valence-corrected chi connectivity index (χ2v) is 6.81. The maximum absolute atomic E-state index is 12.3. The van der Waals surface area contributed by atoms with E-state index in [1.165, 1.54) is 18.4 Å². The molecule has 2 rings (SSSR count). The van der Waals surface area contributed by atoms with Crippen molar-refractivity contribution in [3.05, 3.63) is 35.9 Å². The number of hydrogen-bond donors (Lipinski definition) is 1. The van der Waals surface area contributed by atoms with E-state index in [2.05, 4.69) is 24.4 Å². The van der Waals surface area contributed by atoms with Crippen molar-refractivity contribution in [2.75, 3.05) is 6.54 Å². The first-order valence-electron chi connectivity index (χ1n) is 6.94. The second-order valence-electron chi connectivity index (χ2n) is 5.10. The Balaban J connectivity index is 1.80. The molecule has 1 N–H and O–H groups in total. The average molecular weight is 265 g/mol.